The number of aliphatic carboxylic acids is 1. The van der Waals surface area contributed by atoms with Crippen LogP contribution in [-0.4, -0.2) is 34.0 Å². The van der Waals surface area contributed by atoms with Crippen LogP contribution in [0.3, 0.4) is 0 Å². The van der Waals surface area contributed by atoms with Gasteiger partial charge in [0, 0.05) is 6.42 Å². The highest BCUT2D eigenvalue weighted by Crippen LogP contribution is 2.51. The molecular formula is C13H22O4. The maximum absolute atomic E-state index is 11.7. The van der Waals surface area contributed by atoms with E-state index >= 15 is 0 Å². The van der Waals surface area contributed by atoms with Gasteiger partial charge < -0.3 is 14.9 Å². The first-order chi connectivity index (χ1) is 7.81. The molecule has 2 rings (SSSR count). The van der Waals surface area contributed by atoms with E-state index in [4.69, 9.17) is 4.74 Å². The smallest absolute Gasteiger partial charge is 0.312 e. The molecule has 0 bridgehead atoms. The molecule has 1 saturated carbocycles. The molecule has 0 aromatic carbocycles. The van der Waals surface area contributed by atoms with Crippen LogP contribution in [-0.2, 0) is 9.53 Å². The minimum atomic E-state index is -1.21. The summed E-state index contributed by atoms with van der Waals surface area (Å²) in [6.07, 6.45) is 4.38. The van der Waals surface area contributed by atoms with Crippen LogP contribution in [0.4, 0.5) is 0 Å². The molecule has 4 heteroatoms. The average molecular weight is 242 g/mol. The fourth-order valence-corrected chi connectivity index (χ4v) is 3.46. The Bertz CT molecular complexity index is 317. The summed E-state index contributed by atoms with van der Waals surface area (Å²) in [6.45, 7) is 3.96. The second-order valence-electron chi connectivity index (χ2n) is 6.20. The third-order valence-electron chi connectivity index (χ3n) is 4.43. The lowest BCUT2D eigenvalue weighted by molar-refractivity contribution is -0.175. The molecule has 1 atom stereocenters. The van der Waals surface area contributed by atoms with Crippen LogP contribution < -0.4 is 0 Å². The van der Waals surface area contributed by atoms with Crippen LogP contribution >= 0.6 is 0 Å². The average Bonchev–Trinajstić information content (AvgIpc) is 2.55. The molecule has 2 aliphatic rings. The zero-order valence-electron chi connectivity index (χ0n) is 10.7. The summed E-state index contributed by atoms with van der Waals surface area (Å²) >= 11 is 0. The van der Waals surface area contributed by atoms with Crippen molar-refractivity contribution < 1.29 is 19.7 Å². The van der Waals surface area contributed by atoms with Crippen molar-refractivity contribution in [2.45, 2.75) is 63.6 Å². The molecule has 1 unspecified atom stereocenters. The Balaban J connectivity index is 2.30. The number of hydrogen-bond donors (Lipinski definition) is 2. The van der Waals surface area contributed by atoms with Gasteiger partial charge in [0.1, 0.15) is 5.60 Å². The summed E-state index contributed by atoms with van der Waals surface area (Å²) in [4.78, 5) is 11.7. The molecule has 4 nitrogen and oxygen atoms in total. The van der Waals surface area contributed by atoms with E-state index in [0.717, 1.165) is 19.3 Å². The van der Waals surface area contributed by atoms with Gasteiger partial charge in [0.05, 0.1) is 17.6 Å². The quantitative estimate of drug-likeness (QED) is 0.776. The predicted octanol–water partition coefficient (Wildman–Crippen LogP) is 1.95. The first-order valence-corrected chi connectivity index (χ1v) is 6.41. The molecule has 1 aliphatic carbocycles. The van der Waals surface area contributed by atoms with Crippen molar-refractivity contribution >= 4 is 5.97 Å². The number of ether oxygens (including phenoxy) is 1. The van der Waals surface area contributed by atoms with Gasteiger partial charge in [-0.3, -0.25) is 4.79 Å². The van der Waals surface area contributed by atoms with Gasteiger partial charge in [0.15, 0.2) is 0 Å². The third kappa shape index (κ3) is 1.97. The standard InChI is InChI=1S/C13H22O4/c1-11(2)8-13(16,9-17-11)12(10(14)15)6-4-3-5-7-12/h16H,3-9H2,1-2H3,(H,14,15). The van der Waals surface area contributed by atoms with Gasteiger partial charge in [-0.05, 0) is 26.7 Å². The topological polar surface area (TPSA) is 66.8 Å². The summed E-state index contributed by atoms with van der Waals surface area (Å²) < 4.78 is 5.57. The molecule has 2 N–H and O–H groups in total. The van der Waals surface area contributed by atoms with Crippen molar-refractivity contribution in [2.24, 2.45) is 5.41 Å². The molecule has 1 heterocycles. The Morgan fingerprint density at radius 1 is 1.18 bits per heavy atom. The van der Waals surface area contributed by atoms with Gasteiger partial charge in [-0.25, -0.2) is 0 Å². The van der Waals surface area contributed by atoms with E-state index < -0.39 is 22.6 Å². The predicted molar refractivity (Wildman–Crippen MR) is 62.8 cm³/mol. The third-order valence-corrected chi connectivity index (χ3v) is 4.43. The first kappa shape index (κ1) is 12.8. The molecular weight excluding hydrogens is 220 g/mol. The van der Waals surface area contributed by atoms with Crippen molar-refractivity contribution in [1.82, 2.24) is 0 Å². The van der Waals surface area contributed by atoms with E-state index in [1.165, 1.54) is 0 Å². The van der Waals surface area contributed by atoms with Crippen molar-refractivity contribution in [2.75, 3.05) is 6.61 Å². The zero-order chi connectivity index (χ0) is 12.7. The SMILES string of the molecule is CC1(C)CC(O)(C2(C(=O)O)CCCCC2)CO1. The maximum atomic E-state index is 11.7. The van der Waals surface area contributed by atoms with Crippen LogP contribution in [0.25, 0.3) is 0 Å². The van der Waals surface area contributed by atoms with Crippen molar-refractivity contribution in [3.05, 3.63) is 0 Å². The second kappa shape index (κ2) is 3.95. The molecule has 0 aromatic heterocycles. The number of carboxylic acid groups (broad SMARTS) is 1. The molecule has 1 saturated heterocycles. The lowest BCUT2D eigenvalue weighted by atomic mass is 9.61. The highest BCUT2D eigenvalue weighted by molar-refractivity contribution is 5.76. The van der Waals surface area contributed by atoms with Crippen LogP contribution in [0.5, 0.6) is 0 Å². The summed E-state index contributed by atoms with van der Waals surface area (Å²) in [5.74, 6) is -0.860. The molecule has 0 amide bonds. The molecule has 0 aromatic rings. The summed E-state index contributed by atoms with van der Waals surface area (Å²) in [5.41, 5.74) is -2.63. The molecule has 1 aliphatic heterocycles. The van der Waals surface area contributed by atoms with Crippen LogP contribution in [0, 0.1) is 5.41 Å². The zero-order valence-corrected chi connectivity index (χ0v) is 10.7. The summed E-state index contributed by atoms with van der Waals surface area (Å²) in [7, 11) is 0. The van der Waals surface area contributed by atoms with E-state index in [1.807, 2.05) is 13.8 Å². The minimum Gasteiger partial charge on any atom is -0.481 e. The summed E-state index contributed by atoms with van der Waals surface area (Å²) in [5, 5.41) is 20.3. The number of carboxylic acids is 1. The maximum Gasteiger partial charge on any atom is 0.312 e. The Labute approximate surface area is 102 Å². The van der Waals surface area contributed by atoms with Crippen LogP contribution in [0.1, 0.15) is 52.4 Å². The van der Waals surface area contributed by atoms with Gasteiger partial charge in [-0.2, -0.15) is 0 Å². The largest absolute Gasteiger partial charge is 0.481 e. The van der Waals surface area contributed by atoms with Gasteiger partial charge >= 0.3 is 5.97 Å². The number of hydrogen-bond acceptors (Lipinski definition) is 3. The van der Waals surface area contributed by atoms with Crippen molar-refractivity contribution in [1.29, 1.82) is 0 Å². The molecule has 0 radical (unpaired) electrons. The van der Waals surface area contributed by atoms with Gasteiger partial charge in [-0.1, -0.05) is 19.3 Å². The number of carbonyl (C=O) groups is 1. The minimum absolute atomic E-state index is 0.145. The van der Waals surface area contributed by atoms with Crippen LogP contribution in [0.2, 0.25) is 0 Å². The summed E-state index contributed by atoms with van der Waals surface area (Å²) in [6, 6.07) is 0. The fourth-order valence-electron chi connectivity index (χ4n) is 3.46. The molecule has 2 fully saturated rings. The number of rotatable bonds is 2. The fraction of sp³-hybridized carbons (Fsp3) is 0.923. The lowest BCUT2D eigenvalue weighted by Crippen LogP contribution is -2.55. The Morgan fingerprint density at radius 3 is 2.18 bits per heavy atom. The van der Waals surface area contributed by atoms with Crippen molar-refractivity contribution in [3.8, 4) is 0 Å². The van der Waals surface area contributed by atoms with E-state index in [9.17, 15) is 15.0 Å². The van der Waals surface area contributed by atoms with Gasteiger partial charge in [0.25, 0.3) is 0 Å². The monoisotopic (exact) mass is 242 g/mol. The molecule has 0 spiro atoms. The van der Waals surface area contributed by atoms with Gasteiger partial charge in [-0.15, -0.1) is 0 Å². The Hall–Kier alpha value is -0.610. The normalized spacial score (nSPS) is 35.7. The highest BCUT2D eigenvalue weighted by Gasteiger charge is 2.61. The van der Waals surface area contributed by atoms with E-state index in [0.29, 0.717) is 19.3 Å². The second-order valence-corrected chi connectivity index (χ2v) is 6.20. The molecule has 98 valence electrons. The lowest BCUT2D eigenvalue weighted by Gasteiger charge is -2.44. The first-order valence-electron chi connectivity index (χ1n) is 6.41. The van der Waals surface area contributed by atoms with E-state index in [-0.39, 0.29) is 6.61 Å². The van der Waals surface area contributed by atoms with E-state index in [2.05, 4.69) is 0 Å². The Morgan fingerprint density at radius 2 is 1.76 bits per heavy atom. The number of aliphatic hydroxyl groups is 1. The molecule has 17 heavy (non-hydrogen) atoms. The van der Waals surface area contributed by atoms with Crippen molar-refractivity contribution in [3.63, 3.8) is 0 Å². The van der Waals surface area contributed by atoms with Crippen LogP contribution in [0.15, 0.2) is 0 Å². The van der Waals surface area contributed by atoms with Gasteiger partial charge in [0.2, 0.25) is 0 Å². The highest BCUT2D eigenvalue weighted by atomic mass is 16.5. The van der Waals surface area contributed by atoms with E-state index in [1.54, 1.807) is 0 Å². The Kier molecular flexibility index (Phi) is 2.99.